The lowest BCUT2D eigenvalue weighted by Gasteiger charge is -2.23. The molecule has 2 rings (SSSR count). The maximum absolute atomic E-state index is 10.7. The molecule has 2 aromatic rings. The number of benzene rings is 1. The summed E-state index contributed by atoms with van der Waals surface area (Å²) >= 11 is 3.61. The summed E-state index contributed by atoms with van der Waals surface area (Å²) in [7, 11) is 1.93. The number of hydrogen-bond acceptors (Lipinski definition) is 2. The molecular formula is C16H21BrN2O. The van der Waals surface area contributed by atoms with E-state index in [1.807, 2.05) is 49.0 Å². The highest BCUT2D eigenvalue weighted by atomic mass is 79.9. The summed E-state index contributed by atoms with van der Waals surface area (Å²) in [6, 6.07) is 10.1. The van der Waals surface area contributed by atoms with Gasteiger partial charge in [-0.1, -0.05) is 37.3 Å². The monoisotopic (exact) mass is 336 g/mol. The minimum Gasteiger partial charge on any atom is -0.389 e. The number of nitrogens with zero attached hydrogens (tertiary/aromatic N) is 2. The topological polar surface area (TPSA) is 38.0 Å². The first kappa shape index (κ1) is 15.3. The number of aryl methyl sites for hydroxylation is 2. The lowest BCUT2D eigenvalue weighted by Crippen LogP contribution is -2.31. The zero-order valence-electron chi connectivity index (χ0n) is 12.2. The van der Waals surface area contributed by atoms with Gasteiger partial charge in [-0.15, -0.1) is 0 Å². The van der Waals surface area contributed by atoms with Crippen LogP contribution in [0.4, 0.5) is 0 Å². The van der Waals surface area contributed by atoms with Crippen LogP contribution >= 0.6 is 15.9 Å². The Kier molecular flexibility index (Phi) is 4.66. The van der Waals surface area contributed by atoms with Crippen LogP contribution in [0.5, 0.6) is 0 Å². The van der Waals surface area contributed by atoms with E-state index < -0.39 is 5.60 Å². The van der Waals surface area contributed by atoms with Gasteiger partial charge in [0.25, 0.3) is 0 Å². The fourth-order valence-corrected chi connectivity index (χ4v) is 3.23. The molecule has 0 saturated carbocycles. The van der Waals surface area contributed by atoms with Gasteiger partial charge in [-0.05, 0) is 34.8 Å². The van der Waals surface area contributed by atoms with Crippen molar-refractivity contribution in [3.63, 3.8) is 0 Å². The summed E-state index contributed by atoms with van der Waals surface area (Å²) in [5, 5.41) is 15.2. The van der Waals surface area contributed by atoms with Crippen LogP contribution in [-0.2, 0) is 26.3 Å². The van der Waals surface area contributed by atoms with Gasteiger partial charge in [0.2, 0.25) is 0 Å². The molecule has 0 aliphatic carbocycles. The highest BCUT2D eigenvalue weighted by molar-refractivity contribution is 9.10. The van der Waals surface area contributed by atoms with Gasteiger partial charge in [-0.2, -0.15) is 5.10 Å². The molecule has 0 aliphatic rings. The molecule has 0 radical (unpaired) electrons. The Hall–Kier alpha value is -1.13. The molecule has 0 fully saturated rings. The summed E-state index contributed by atoms with van der Waals surface area (Å²) < 4.78 is 2.89. The number of rotatable bonds is 5. The van der Waals surface area contributed by atoms with Crippen LogP contribution < -0.4 is 0 Å². The SMILES string of the molecule is CCc1nn(C)c(CC(C)(O)Cc2ccccc2)c1Br. The highest BCUT2D eigenvalue weighted by Gasteiger charge is 2.25. The van der Waals surface area contributed by atoms with Gasteiger partial charge in [-0.3, -0.25) is 4.68 Å². The third-order valence-electron chi connectivity index (χ3n) is 3.48. The van der Waals surface area contributed by atoms with E-state index in [4.69, 9.17) is 0 Å². The second kappa shape index (κ2) is 6.10. The minimum absolute atomic E-state index is 0.575. The zero-order valence-corrected chi connectivity index (χ0v) is 13.8. The summed E-state index contributed by atoms with van der Waals surface area (Å²) in [5.41, 5.74) is 2.44. The predicted octanol–water partition coefficient (Wildman–Crippen LogP) is 3.28. The van der Waals surface area contributed by atoms with Gasteiger partial charge < -0.3 is 5.11 Å². The molecule has 1 unspecified atom stereocenters. The van der Waals surface area contributed by atoms with Crippen LogP contribution in [0.2, 0.25) is 0 Å². The van der Waals surface area contributed by atoms with Gasteiger partial charge in [0.15, 0.2) is 0 Å². The van der Waals surface area contributed by atoms with Gasteiger partial charge in [0.05, 0.1) is 21.5 Å². The molecule has 1 atom stereocenters. The van der Waals surface area contributed by atoms with Gasteiger partial charge in [0.1, 0.15) is 0 Å². The zero-order chi connectivity index (χ0) is 14.8. The van der Waals surface area contributed by atoms with Crippen molar-refractivity contribution in [1.82, 2.24) is 9.78 Å². The summed E-state index contributed by atoms with van der Waals surface area (Å²) in [4.78, 5) is 0. The van der Waals surface area contributed by atoms with Gasteiger partial charge in [-0.25, -0.2) is 0 Å². The Balaban J connectivity index is 2.18. The maximum atomic E-state index is 10.7. The standard InChI is InChI=1S/C16H21BrN2O/c1-4-13-15(17)14(19(3)18-13)11-16(2,20)10-12-8-6-5-7-9-12/h5-9,20H,4,10-11H2,1-3H3. The fourth-order valence-electron chi connectivity index (χ4n) is 2.47. The predicted molar refractivity (Wildman–Crippen MR) is 84.8 cm³/mol. The van der Waals surface area contributed by atoms with Gasteiger partial charge >= 0.3 is 0 Å². The van der Waals surface area contributed by atoms with E-state index in [1.165, 1.54) is 0 Å². The van der Waals surface area contributed by atoms with Crippen LogP contribution in [0.3, 0.4) is 0 Å². The number of hydrogen-bond donors (Lipinski definition) is 1. The molecule has 0 amide bonds. The molecule has 0 aliphatic heterocycles. The van der Waals surface area contributed by atoms with Crippen LogP contribution in [-0.4, -0.2) is 20.5 Å². The smallest absolute Gasteiger partial charge is 0.0766 e. The normalized spacial score (nSPS) is 14.2. The van der Waals surface area contributed by atoms with E-state index in [9.17, 15) is 5.11 Å². The first-order chi connectivity index (χ1) is 9.43. The second-order valence-electron chi connectivity index (χ2n) is 5.52. The van der Waals surface area contributed by atoms with E-state index in [1.54, 1.807) is 0 Å². The Morgan fingerprint density at radius 3 is 2.45 bits per heavy atom. The summed E-state index contributed by atoms with van der Waals surface area (Å²) in [6.45, 7) is 3.96. The van der Waals surface area contributed by atoms with Crippen molar-refractivity contribution in [2.24, 2.45) is 7.05 Å². The summed E-state index contributed by atoms with van der Waals surface area (Å²) in [6.07, 6.45) is 2.09. The molecular weight excluding hydrogens is 316 g/mol. The van der Waals surface area contributed by atoms with Crippen molar-refractivity contribution in [1.29, 1.82) is 0 Å². The second-order valence-corrected chi connectivity index (χ2v) is 6.31. The first-order valence-electron chi connectivity index (χ1n) is 6.89. The molecule has 1 aromatic heterocycles. The molecule has 0 saturated heterocycles. The van der Waals surface area contributed by atoms with E-state index in [0.717, 1.165) is 27.8 Å². The fraction of sp³-hybridized carbons (Fsp3) is 0.438. The molecule has 0 bridgehead atoms. The minimum atomic E-state index is -0.789. The van der Waals surface area contributed by atoms with E-state index in [0.29, 0.717) is 12.8 Å². The molecule has 0 spiro atoms. The van der Waals surface area contributed by atoms with Crippen LogP contribution in [0.25, 0.3) is 0 Å². The van der Waals surface area contributed by atoms with Gasteiger partial charge in [0, 0.05) is 19.9 Å². The molecule has 20 heavy (non-hydrogen) atoms. The van der Waals surface area contributed by atoms with Crippen LogP contribution in [0, 0.1) is 0 Å². The molecule has 1 heterocycles. The number of aromatic nitrogens is 2. The molecule has 4 heteroatoms. The Morgan fingerprint density at radius 1 is 1.25 bits per heavy atom. The van der Waals surface area contributed by atoms with Crippen molar-refractivity contribution in [2.75, 3.05) is 0 Å². The Bertz CT molecular complexity index is 576. The summed E-state index contributed by atoms with van der Waals surface area (Å²) in [5.74, 6) is 0. The van der Waals surface area contributed by atoms with E-state index in [2.05, 4.69) is 28.0 Å². The molecule has 1 N–H and O–H groups in total. The third kappa shape index (κ3) is 3.49. The van der Waals surface area contributed by atoms with E-state index >= 15 is 0 Å². The number of halogens is 1. The lowest BCUT2D eigenvalue weighted by molar-refractivity contribution is 0.0587. The van der Waals surface area contributed by atoms with Crippen molar-refractivity contribution in [3.8, 4) is 0 Å². The maximum Gasteiger partial charge on any atom is 0.0766 e. The van der Waals surface area contributed by atoms with Crippen LogP contribution in [0.1, 0.15) is 30.8 Å². The lowest BCUT2D eigenvalue weighted by atomic mass is 9.92. The average molecular weight is 337 g/mol. The highest BCUT2D eigenvalue weighted by Crippen LogP contribution is 2.27. The largest absolute Gasteiger partial charge is 0.389 e. The Labute approximate surface area is 128 Å². The quantitative estimate of drug-likeness (QED) is 0.909. The number of aliphatic hydroxyl groups is 1. The van der Waals surface area contributed by atoms with Crippen molar-refractivity contribution < 1.29 is 5.11 Å². The van der Waals surface area contributed by atoms with E-state index in [-0.39, 0.29) is 0 Å². The molecule has 3 nitrogen and oxygen atoms in total. The van der Waals surface area contributed by atoms with Crippen LogP contribution in [0.15, 0.2) is 34.8 Å². The average Bonchev–Trinajstić information content (AvgIpc) is 2.66. The Morgan fingerprint density at radius 2 is 1.90 bits per heavy atom. The third-order valence-corrected chi connectivity index (χ3v) is 4.39. The van der Waals surface area contributed by atoms with Crippen molar-refractivity contribution in [3.05, 3.63) is 51.8 Å². The first-order valence-corrected chi connectivity index (χ1v) is 7.69. The molecule has 108 valence electrons. The molecule has 1 aromatic carbocycles. The van der Waals surface area contributed by atoms with Crippen molar-refractivity contribution in [2.45, 2.75) is 38.7 Å². The van der Waals surface area contributed by atoms with Crippen molar-refractivity contribution >= 4 is 15.9 Å².